The molecule has 5 heteroatoms. The van der Waals surface area contributed by atoms with Crippen molar-refractivity contribution in [2.75, 3.05) is 13.2 Å². The number of fused-ring (bicyclic) bond motifs is 1. The van der Waals surface area contributed by atoms with E-state index in [1.54, 1.807) is 0 Å². The predicted octanol–water partition coefficient (Wildman–Crippen LogP) is 4.11. The Balaban J connectivity index is 1.82. The lowest BCUT2D eigenvalue weighted by atomic mass is 9.95. The zero-order chi connectivity index (χ0) is 17.8. The number of hydrogen-bond donors (Lipinski definition) is 1. The maximum absolute atomic E-state index is 13.0. The van der Waals surface area contributed by atoms with Crippen LogP contribution in [-0.2, 0) is 0 Å². The molecule has 0 aromatic heterocycles. The maximum atomic E-state index is 13.0. The first-order valence-electron chi connectivity index (χ1n) is 8.50. The molecule has 1 N–H and O–H groups in total. The van der Waals surface area contributed by atoms with Gasteiger partial charge in [-0.05, 0) is 47.9 Å². The van der Waals surface area contributed by atoms with E-state index < -0.39 is 0 Å². The molecule has 25 heavy (non-hydrogen) atoms. The zero-order valence-electron chi connectivity index (χ0n) is 14.4. The van der Waals surface area contributed by atoms with Crippen molar-refractivity contribution < 1.29 is 18.7 Å². The minimum Gasteiger partial charge on any atom is -0.490 e. The number of carbonyl (C=O) groups is 1. The highest BCUT2D eigenvalue weighted by Gasteiger charge is 2.21. The summed E-state index contributed by atoms with van der Waals surface area (Å²) in [4.78, 5) is 12.5. The van der Waals surface area contributed by atoms with Crippen LogP contribution in [0.2, 0.25) is 0 Å². The van der Waals surface area contributed by atoms with Gasteiger partial charge >= 0.3 is 0 Å². The van der Waals surface area contributed by atoms with Gasteiger partial charge in [0.2, 0.25) is 0 Å². The third-order valence-corrected chi connectivity index (χ3v) is 4.19. The summed E-state index contributed by atoms with van der Waals surface area (Å²) in [6, 6.07) is 11.1. The van der Waals surface area contributed by atoms with E-state index in [0.717, 1.165) is 17.7 Å². The molecule has 4 nitrogen and oxygen atoms in total. The summed E-state index contributed by atoms with van der Waals surface area (Å²) < 4.78 is 24.4. The van der Waals surface area contributed by atoms with Gasteiger partial charge in [0.15, 0.2) is 11.5 Å². The van der Waals surface area contributed by atoms with E-state index >= 15 is 0 Å². The smallest absolute Gasteiger partial charge is 0.251 e. The zero-order valence-corrected chi connectivity index (χ0v) is 14.4. The lowest BCUT2D eigenvalue weighted by molar-refractivity contribution is 0.0925. The van der Waals surface area contributed by atoms with Gasteiger partial charge in [-0.2, -0.15) is 0 Å². The molecule has 1 atom stereocenters. The van der Waals surface area contributed by atoms with E-state index in [-0.39, 0.29) is 23.7 Å². The van der Waals surface area contributed by atoms with Gasteiger partial charge in [-0.15, -0.1) is 0 Å². The summed E-state index contributed by atoms with van der Waals surface area (Å²) in [6.45, 7) is 5.34. The van der Waals surface area contributed by atoms with Crippen molar-refractivity contribution in [3.8, 4) is 11.5 Å². The first-order valence-corrected chi connectivity index (χ1v) is 8.50. The second-order valence-corrected chi connectivity index (χ2v) is 6.46. The molecule has 0 fully saturated rings. The molecule has 0 aliphatic carbocycles. The Morgan fingerprint density at radius 3 is 2.40 bits per heavy atom. The number of benzene rings is 2. The molecule has 2 aromatic carbocycles. The van der Waals surface area contributed by atoms with E-state index in [1.807, 2.05) is 32.0 Å². The van der Waals surface area contributed by atoms with E-state index in [4.69, 9.17) is 9.47 Å². The van der Waals surface area contributed by atoms with Crippen LogP contribution in [0.25, 0.3) is 0 Å². The first kappa shape index (κ1) is 17.3. The Hall–Kier alpha value is -2.56. The molecule has 0 saturated carbocycles. The van der Waals surface area contributed by atoms with Crippen molar-refractivity contribution in [2.24, 2.45) is 5.92 Å². The van der Waals surface area contributed by atoms with Crippen LogP contribution in [-0.4, -0.2) is 19.1 Å². The summed E-state index contributed by atoms with van der Waals surface area (Å²) in [5.41, 5.74) is 1.39. The van der Waals surface area contributed by atoms with Crippen molar-refractivity contribution in [2.45, 2.75) is 26.3 Å². The lowest BCUT2D eigenvalue weighted by Crippen LogP contribution is -2.31. The Morgan fingerprint density at radius 1 is 1.04 bits per heavy atom. The summed E-state index contributed by atoms with van der Waals surface area (Å²) >= 11 is 0. The SMILES string of the molecule is CC(C)[C@@H](NC(=O)c1ccc(F)cc1)c1ccc2c(c1)OCCCO2. The average Bonchev–Trinajstić information content (AvgIpc) is 2.84. The van der Waals surface area contributed by atoms with Gasteiger partial charge in [0, 0.05) is 12.0 Å². The molecule has 1 amide bonds. The highest BCUT2D eigenvalue weighted by atomic mass is 19.1. The Bertz CT molecular complexity index is 743. The molecule has 0 unspecified atom stereocenters. The highest BCUT2D eigenvalue weighted by Crippen LogP contribution is 2.34. The van der Waals surface area contributed by atoms with Crippen LogP contribution in [0.4, 0.5) is 4.39 Å². The van der Waals surface area contributed by atoms with E-state index in [1.165, 1.54) is 24.3 Å². The van der Waals surface area contributed by atoms with Gasteiger partial charge in [-0.1, -0.05) is 19.9 Å². The van der Waals surface area contributed by atoms with Crippen molar-refractivity contribution in [3.05, 3.63) is 59.4 Å². The Labute approximate surface area is 147 Å². The van der Waals surface area contributed by atoms with Crippen LogP contribution in [0.1, 0.15) is 42.2 Å². The summed E-state index contributed by atoms with van der Waals surface area (Å²) in [6.07, 6.45) is 0.846. The molecule has 3 rings (SSSR count). The molecule has 1 aliphatic heterocycles. The Morgan fingerprint density at radius 2 is 1.72 bits per heavy atom. The van der Waals surface area contributed by atoms with Crippen molar-refractivity contribution in [1.29, 1.82) is 0 Å². The number of nitrogens with one attached hydrogen (secondary N) is 1. The molecule has 0 bridgehead atoms. The van der Waals surface area contributed by atoms with Crippen LogP contribution >= 0.6 is 0 Å². The van der Waals surface area contributed by atoms with Crippen LogP contribution in [0, 0.1) is 11.7 Å². The number of ether oxygens (including phenoxy) is 2. The van der Waals surface area contributed by atoms with Crippen molar-refractivity contribution in [1.82, 2.24) is 5.32 Å². The van der Waals surface area contributed by atoms with Gasteiger partial charge in [-0.3, -0.25) is 4.79 Å². The monoisotopic (exact) mass is 343 g/mol. The van der Waals surface area contributed by atoms with Gasteiger partial charge in [-0.25, -0.2) is 4.39 Å². The molecule has 0 spiro atoms. The lowest BCUT2D eigenvalue weighted by Gasteiger charge is -2.24. The van der Waals surface area contributed by atoms with E-state index in [9.17, 15) is 9.18 Å². The highest BCUT2D eigenvalue weighted by molar-refractivity contribution is 5.94. The number of rotatable bonds is 4. The normalized spacial score (nSPS) is 14.7. The van der Waals surface area contributed by atoms with Crippen LogP contribution < -0.4 is 14.8 Å². The third kappa shape index (κ3) is 4.10. The van der Waals surface area contributed by atoms with Gasteiger partial charge in [0.05, 0.1) is 19.3 Å². The number of halogens is 1. The molecule has 1 aliphatic rings. The quantitative estimate of drug-likeness (QED) is 0.909. The van der Waals surface area contributed by atoms with Crippen molar-refractivity contribution in [3.63, 3.8) is 0 Å². The molecule has 2 aromatic rings. The van der Waals surface area contributed by atoms with Gasteiger partial charge in [0.1, 0.15) is 5.82 Å². The number of hydrogen-bond acceptors (Lipinski definition) is 3. The van der Waals surface area contributed by atoms with E-state index in [0.29, 0.717) is 24.5 Å². The molecular weight excluding hydrogens is 321 g/mol. The average molecular weight is 343 g/mol. The van der Waals surface area contributed by atoms with Gasteiger partial charge in [0.25, 0.3) is 5.91 Å². The second-order valence-electron chi connectivity index (χ2n) is 6.46. The maximum Gasteiger partial charge on any atom is 0.251 e. The fourth-order valence-corrected chi connectivity index (χ4v) is 2.83. The topological polar surface area (TPSA) is 47.6 Å². The second kappa shape index (κ2) is 7.55. The van der Waals surface area contributed by atoms with Gasteiger partial charge < -0.3 is 14.8 Å². The molecule has 0 radical (unpaired) electrons. The number of carbonyl (C=O) groups excluding carboxylic acids is 1. The standard InChI is InChI=1S/C20H22FNO3/c1-13(2)19(22-20(23)14-4-7-16(21)8-5-14)15-6-9-17-18(12-15)25-11-3-10-24-17/h4-9,12-13,19H,3,10-11H2,1-2H3,(H,22,23)/t19-/m1/s1. The van der Waals surface area contributed by atoms with E-state index in [2.05, 4.69) is 5.32 Å². The minimum absolute atomic E-state index is 0.175. The molecular formula is C20H22FNO3. The fourth-order valence-electron chi connectivity index (χ4n) is 2.83. The summed E-state index contributed by atoms with van der Waals surface area (Å²) in [5.74, 6) is 1.02. The first-order chi connectivity index (χ1) is 12.0. The summed E-state index contributed by atoms with van der Waals surface area (Å²) in [7, 11) is 0. The largest absolute Gasteiger partial charge is 0.490 e. The minimum atomic E-state index is -0.361. The van der Waals surface area contributed by atoms with Crippen LogP contribution in [0.5, 0.6) is 11.5 Å². The molecule has 0 saturated heterocycles. The summed E-state index contributed by atoms with van der Waals surface area (Å²) in [5, 5.41) is 3.03. The fraction of sp³-hybridized carbons (Fsp3) is 0.350. The Kier molecular flexibility index (Phi) is 5.22. The van der Waals surface area contributed by atoms with Crippen LogP contribution in [0.3, 0.4) is 0 Å². The van der Waals surface area contributed by atoms with Crippen LogP contribution in [0.15, 0.2) is 42.5 Å². The predicted molar refractivity (Wildman–Crippen MR) is 93.5 cm³/mol. The number of amides is 1. The molecule has 1 heterocycles. The molecule has 132 valence electrons. The van der Waals surface area contributed by atoms with Crippen molar-refractivity contribution >= 4 is 5.91 Å². The third-order valence-electron chi connectivity index (χ3n) is 4.19.